The van der Waals surface area contributed by atoms with Crippen LogP contribution in [0.3, 0.4) is 0 Å². The summed E-state index contributed by atoms with van der Waals surface area (Å²) in [5, 5.41) is 3.78. The van der Waals surface area contributed by atoms with Crippen LogP contribution in [0.2, 0.25) is 0 Å². The second-order valence-electron chi connectivity index (χ2n) is 3.95. The monoisotopic (exact) mass is 211 g/mol. The van der Waals surface area contributed by atoms with Gasteiger partial charge in [0.25, 0.3) is 0 Å². The Morgan fingerprint density at radius 2 is 2.20 bits per heavy atom. The van der Waals surface area contributed by atoms with Crippen molar-refractivity contribution in [2.24, 2.45) is 0 Å². The number of methoxy groups -OCH3 is 1. The molecule has 0 saturated carbocycles. The lowest BCUT2D eigenvalue weighted by atomic mass is 10.1. The standard InChI is InChI=1S/C10H17N3O2/c1-8-11-10(15-12-8)7-13-5-3-9(14-2)4-6-13/h9H,3-7H2,1-2H3. The minimum absolute atomic E-state index is 0.422. The first-order valence-electron chi connectivity index (χ1n) is 5.32. The maximum absolute atomic E-state index is 5.32. The lowest BCUT2D eigenvalue weighted by Gasteiger charge is -2.29. The molecular formula is C10H17N3O2. The van der Waals surface area contributed by atoms with Gasteiger partial charge in [-0.2, -0.15) is 4.98 Å². The van der Waals surface area contributed by atoms with E-state index in [1.54, 1.807) is 7.11 Å². The Hall–Kier alpha value is -0.940. The predicted molar refractivity (Wildman–Crippen MR) is 54.3 cm³/mol. The summed E-state index contributed by atoms with van der Waals surface area (Å²) in [7, 11) is 1.78. The minimum atomic E-state index is 0.422. The van der Waals surface area contributed by atoms with E-state index in [-0.39, 0.29) is 0 Å². The Morgan fingerprint density at radius 1 is 1.47 bits per heavy atom. The Balaban J connectivity index is 1.82. The van der Waals surface area contributed by atoms with E-state index < -0.39 is 0 Å². The number of hydrogen-bond donors (Lipinski definition) is 0. The van der Waals surface area contributed by atoms with Crippen LogP contribution in [0.1, 0.15) is 24.6 Å². The summed E-state index contributed by atoms with van der Waals surface area (Å²) >= 11 is 0. The van der Waals surface area contributed by atoms with Gasteiger partial charge in [0.15, 0.2) is 5.82 Å². The first-order valence-corrected chi connectivity index (χ1v) is 5.32. The lowest BCUT2D eigenvalue weighted by molar-refractivity contribution is 0.0359. The summed E-state index contributed by atoms with van der Waals surface area (Å²) in [6, 6.07) is 0. The zero-order valence-electron chi connectivity index (χ0n) is 9.27. The second kappa shape index (κ2) is 4.72. The van der Waals surface area contributed by atoms with Crippen LogP contribution in [0.4, 0.5) is 0 Å². The van der Waals surface area contributed by atoms with Crippen molar-refractivity contribution in [2.75, 3.05) is 20.2 Å². The van der Waals surface area contributed by atoms with E-state index in [1.165, 1.54) is 0 Å². The molecule has 0 amide bonds. The summed E-state index contributed by atoms with van der Waals surface area (Å²) in [6.07, 6.45) is 2.60. The number of piperidine rings is 1. The molecule has 0 unspecified atom stereocenters. The van der Waals surface area contributed by atoms with Gasteiger partial charge in [0.05, 0.1) is 12.6 Å². The van der Waals surface area contributed by atoms with Gasteiger partial charge in [-0.1, -0.05) is 5.16 Å². The number of ether oxygens (including phenoxy) is 1. The van der Waals surface area contributed by atoms with Crippen molar-refractivity contribution in [1.82, 2.24) is 15.0 Å². The third-order valence-corrected chi connectivity index (χ3v) is 2.80. The zero-order valence-corrected chi connectivity index (χ0v) is 9.27. The highest BCUT2D eigenvalue weighted by atomic mass is 16.5. The van der Waals surface area contributed by atoms with Crippen LogP contribution < -0.4 is 0 Å². The van der Waals surface area contributed by atoms with Crippen LogP contribution in [0, 0.1) is 6.92 Å². The van der Waals surface area contributed by atoms with Crippen LogP contribution in [0.25, 0.3) is 0 Å². The quantitative estimate of drug-likeness (QED) is 0.746. The van der Waals surface area contributed by atoms with E-state index in [0.29, 0.717) is 17.8 Å². The van der Waals surface area contributed by atoms with Gasteiger partial charge in [-0.3, -0.25) is 4.90 Å². The lowest BCUT2D eigenvalue weighted by Crippen LogP contribution is -2.36. The Labute approximate surface area is 89.4 Å². The molecule has 1 aromatic rings. The third kappa shape index (κ3) is 2.76. The molecule has 1 aliphatic rings. The number of aromatic nitrogens is 2. The average Bonchev–Trinajstić information content (AvgIpc) is 2.65. The van der Waals surface area contributed by atoms with E-state index in [1.807, 2.05) is 6.92 Å². The van der Waals surface area contributed by atoms with Crippen molar-refractivity contribution in [3.8, 4) is 0 Å². The summed E-state index contributed by atoms with van der Waals surface area (Å²) in [4.78, 5) is 6.52. The molecule has 0 bridgehead atoms. The number of aryl methyl sites for hydroxylation is 1. The van der Waals surface area contributed by atoms with Crippen LogP contribution in [-0.4, -0.2) is 41.3 Å². The van der Waals surface area contributed by atoms with Gasteiger partial charge in [0.2, 0.25) is 5.89 Å². The molecule has 15 heavy (non-hydrogen) atoms. The smallest absolute Gasteiger partial charge is 0.240 e. The van der Waals surface area contributed by atoms with Crippen molar-refractivity contribution >= 4 is 0 Å². The topological polar surface area (TPSA) is 51.4 Å². The van der Waals surface area contributed by atoms with Gasteiger partial charge < -0.3 is 9.26 Å². The largest absolute Gasteiger partial charge is 0.381 e. The van der Waals surface area contributed by atoms with Crippen molar-refractivity contribution in [3.63, 3.8) is 0 Å². The van der Waals surface area contributed by atoms with Gasteiger partial charge in [0.1, 0.15) is 0 Å². The summed E-state index contributed by atoms with van der Waals surface area (Å²) in [5.41, 5.74) is 0. The van der Waals surface area contributed by atoms with Crippen molar-refractivity contribution in [1.29, 1.82) is 0 Å². The molecule has 84 valence electrons. The molecule has 2 rings (SSSR count). The average molecular weight is 211 g/mol. The fourth-order valence-electron chi connectivity index (χ4n) is 1.90. The van der Waals surface area contributed by atoms with E-state index in [2.05, 4.69) is 15.0 Å². The first-order chi connectivity index (χ1) is 7.28. The van der Waals surface area contributed by atoms with Crippen LogP contribution >= 0.6 is 0 Å². The molecule has 1 saturated heterocycles. The van der Waals surface area contributed by atoms with Gasteiger partial charge in [0, 0.05) is 20.2 Å². The zero-order chi connectivity index (χ0) is 10.7. The predicted octanol–water partition coefficient (Wildman–Crippen LogP) is 0.989. The Kier molecular flexibility index (Phi) is 3.33. The highest BCUT2D eigenvalue weighted by Gasteiger charge is 2.20. The molecule has 5 heteroatoms. The molecule has 0 radical (unpaired) electrons. The Bertz CT molecular complexity index is 305. The third-order valence-electron chi connectivity index (χ3n) is 2.80. The maximum atomic E-state index is 5.32. The minimum Gasteiger partial charge on any atom is -0.381 e. The summed E-state index contributed by atoms with van der Waals surface area (Å²) in [5.74, 6) is 1.42. The van der Waals surface area contributed by atoms with Crippen LogP contribution in [0.5, 0.6) is 0 Å². The van der Waals surface area contributed by atoms with E-state index in [0.717, 1.165) is 32.5 Å². The molecule has 0 spiro atoms. The first kappa shape index (κ1) is 10.6. The highest BCUT2D eigenvalue weighted by Crippen LogP contribution is 2.14. The van der Waals surface area contributed by atoms with Crippen LogP contribution in [0.15, 0.2) is 4.52 Å². The normalized spacial score (nSPS) is 19.6. The fraction of sp³-hybridized carbons (Fsp3) is 0.800. The van der Waals surface area contributed by atoms with Gasteiger partial charge in [-0.25, -0.2) is 0 Å². The molecule has 2 heterocycles. The highest BCUT2D eigenvalue weighted by molar-refractivity contribution is 4.84. The molecular weight excluding hydrogens is 194 g/mol. The summed E-state index contributed by atoms with van der Waals surface area (Å²) < 4.78 is 10.4. The number of nitrogens with zero attached hydrogens (tertiary/aromatic N) is 3. The SMILES string of the molecule is COC1CCN(Cc2nc(C)no2)CC1. The molecule has 0 N–H and O–H groups in total. The van der Waals surface area contributed by atoms with Crippen LogP contribution in [-0.2, 0) is 11.3 Å². The molecule has 0 atom stereocenters. The van der Waals surface area contributed by atoms with Crippen molar-refractivity contribution < 1.29 is 9.26 Å². The summed E-state index contributed by atoms with van der Waals surface area (Å²) in [6.45, 7) is 4.68. The molecule has 0 aromatic carbocycles. The Morgan fingerprint density at radius 3 is 2.73 bits per heavy atom. The van der Waals surface area contributed by atoms with Crippen molar-refractivity contribution in [3.05, 3.63) is 11.7 Å². The molecule has 1 aliphatic heterocycles. The van der Waals surface area contributed by atoms with Gasteiger partial charge in [-0.15, -0.1) is 0 Å². The van der Waals surface area contributed by atoms with E-state index in [9.17, 15) is 0 Å². The van der Waals surface area contributed by atoms with Gasteiger partial charge in [-0.05, 0) is 19.8 Å². The second-order valence-corrected chi connectivity index (χ2v) is 3.95. The molecule has 1 aromatic heterocycles. The fourth-order valence-corrected chi connectivity index (χ4v) is 1.90. The molecule has 1 fully saturated rings. The van der Waals surface area contributed by atoms with Crippen molar-refractivity contribution in [2.45, 2.75) is 32.4 Å². The maximum Gasteiger partial charge on any atom is 0.240 e. The van der Waals surface area contributed by atoms with Gasteiger partial charge >= 0.3 is 0 Å². The number of likely N-dealkylation sites (tertiary alicyclic amines) is 1. The van der Waals surface area contributed by atoms with E-state index in [4.69, 9.17) is 9.26 Å². The van der Waals surface area contributed by atoms with E-state index >= 15 is 0 Å². The molecule has 0 aliphatic carbocycles. The number of rotatable bonds is 3. The number of hydrogen-bond acceptors (Lipinski definition) is 5. The molecule has 5 nitrogen and oxygen atoms in total.